The average Bonchev–Trinajstić information content (AvgIpc) is 3.52. The predicted octanol–water partition coefficient (Wildman–Crippen LogP) is 3.70. The molecule has 4 aromatic rings. The Kier molecular flexibility index (Phi) is 4.86. The number of hydrogen-bond donors (Lipinski definition) is 0. The van der Waals surface area contributed by atoms with E-state index in [0.29, 0.717) is 30.0 Å². The average molecular weight is 456 g/mol. The Morgan fingerprint density at radius 1 is 0.941 bits per heavy atom. The first-order valence-corrected chi connectivity index (χ1v) is 11.4. The molecule has 2 aromatic carbocycles. The molecule has 0 saturated carbocycles. The van der Waals surface area contributed by atoms with Crippen molar-refractivity contribution in [3.8, 4) is 22.8 Å². The van der Waals surface area contributed by atoms with Crippen molar-refractivity contribution in [1.29, 1.82) is 0 Å². The number of hydrogen-bond acceptors (Lipinski definition) is 6. The second-order valence-corrected chi connectivity index (χ2v) is 8.76. The second kappa shape index (κ2) is 8.06. The van der Waals surface area contributed by atoms with Gasteiger partial charge in [0.25, 0.3) is 5.91 Å². The fourth-order valence-electron chi connectivity index (χ4n) is 4.70. The van der Waals surface area contributed by atoms with E-state index in [4.69, 9.17) is 9.47 Å². The molecular weight excluding hydrogens is 430 g/mol. The Hall–Kier alpha value is -4.07. The monoisotopic (exact) mass is 455 g/mol. The first-order valence-electron chi connectivity index (χ1n) is 11.4. The normalized spacial score (nSPS) is 15.2. The molecule has 1 saturated heterocycles. The molecule has 2 aliphatic heterocycles. The Morgan fingerprint density at radius 3 is 2.62 bits per heavy atom. The first kappa shape index (κ1) is 20.5. The lowest BCUT2D eigenvalue weighted by atomic mass is 10.1. The standard InChI is InChI=1S/C26H25N5O3/c1-17-3-4-18(2)22(13-17)29-9-11-30(12-10-29)26(32)20-15-28-31-21(7-8-27-25(20)31)19-5-6-23-24(14-19)34-16-33-23/h3-8,13-15H,9-12,16H2,1-2H3. The number of fused-ring (bicyclic) bond motifs is 2. The lowest BCUT2D eigenvalue weighted by Crippen LogP contribution is -2.49. The van der Waals surface area contributed by atoms with E-state index in [-0.39, 0.29) is 12.7 Å². The summed E-state index contributed by atoms with van der Waals surface area (Å²) in [7, 11) is 0. The van der Waals surface area contributed by atoms with Gasteiger partial charge in [-0.05, 0) is 55.3 Å². The fraction of sp³-hybridized carbons (Fsp3) is 0.269. The molecule has 8 heteroatoms. The zero-order valence-electron chi connectivity index (χ0n) is 19.2. The van der Waals surface area contributed by atoms with Crippen LogP contribution in [0.5, 0.6) is 11.5 Å². The van der Waals surface area contributed by atoms with Gasteiger partial charge in [0.2, 0.25) is 6.79 Å². The summed E-state index contributed by atoms with van der Waals surface area (Å²) < 4.78 is 12.7. The highest BCUT2D eigenvalue weighted by Gasteiger charge is 2.26. The third-order valence-electron chi connectivity index (χ3n) is 6.57. The zero-order chi connectivity index (χ0) is 23.2. The molecule has 0 aliphatic carbocycles. The van der Waals surface area contributed by atoms with Crippen molar-refractivity contribution in [3.63, 3.8) is 0 Å². The number of benzene rings is 2. The Morgan fingerprint density at radius 2 is 1.76 bits per heavy atom. The van der Waals surface area contributed by atoms with Gasteiger partial charge in [-0.2, -0.15) is 5.10 Å². The largest absolute Gasteiger partial charge is 0.454 e. The van der Waals surface area contributed by atoms with Gasteiger partial charge in [0, 0.05) is 43.6 Å². The third kappa shape index (κ3) is 3.42. The van der Waals surface area contributed by atoms with E-state index in [1.165, 1.54) is 16.8 Å². The van der Waals surface area contributed by atoms with E-state index in [2.05, 4.69) is 47.0 Å². The van der Waals surface area contributed by atoms with Crippen LogP contribution in [0, 0.1) is 13.8 Å². The van der Waals surface area contributed by atoms with E-state index in [1.54, 1.807) is 16.9 Å². The molecule has 0 radical (unpaired) electrons. The molecule has 0 N–H and O–H groups in total. The molecule has 2 aromatic heterocycles. The van der Waals surface area contributed by atoms with Crippen LogP contribution in [0.15, 0.2) is 54.9 Å². The van der Waals surface area contributed by atoms with Gasteiger partial charge >= 0.3 is 0 Å². The summed E-state index contributed by atoms with van der Waals surface area (Å²) in [6, 6.07) is 14.2. The number of nitrogens with zero attached hydrogens (tertiary/aromatic N) is 5. The van der Waals surface area contributed by atoms with Crippen LogP contribution in [-0.4, -0.2) is 58.4 Å². The van der Waals surface area contributed by atoms with Crippen LogP contribution in [0.25, 0.3) is 16.9 Å². The van der Waals surface area contributed by atoms with Crippen LogP contribution in [0.3, 0.4) is 0 Å². The highest BCUT2D eigenvalue weighted by atomic mass is 16.7. The van der Waals surface area contributed by atoms with Crippen molar-refractivity contribution in [1.82, 2.24) is 19.5 Å². The minimum atomic E-state index is -0.0362. The maximum Gasteiger partial charge on any atom is 0.259 e. The minimum absolute atomic E-state index is 0.0362. The lowest BCUT2D eigenvalue weighted by molar-refractivity contribution is 0.0748. The number of aromatic nitrogens is 3. The molecule has 4 heterocycles. The van der Waals surface area contributed by atoms with Gasteiger partial charge in [-0.3, -0.25) is 4.79 Å². The van der Waals surface area contributed by atoms with Crippen molar-refractivity contribution < 1.29 is 14.3 Å². The number of piperazine rings is 1. The van der Waals surface area contributed by atoms with Gasteiger partial charge in [-0.25, -0.2) is 9.50 Å². The number of carbonyl (C=O) groups excluding carboxylic acids is 1. The molecule has 2 aliphatic rings. The van der Waals surface area contributed by atoms with Gasteiger partial charge in [0.1, 0.15) is 5.56 Å². The summed E-state index contributed by atoms with van der Waals surface area (Å²) in [6.07, 6.45) is 3.34. The maximum atomic E-state index is 13.4. The highest BCUT2D eigenvalue weighted by molar-refractivity contribution is 6.00. The SMILES string of the molecule is Cc1ccc(C)c(N2CCN(C(=O)c3cnn4c(-c5ccc6c(c5)OCO6)ccnc34)CC2)c1. The summed E-state index contributed by atoms with van der Waals surface area (Å²) in [5.41, 5.74) is 6.57. The molecule has 0 atom stereocenters. The first-order chi connectivity index (χ1) is 16.6. The van der Waals surface area contributed by atoms with E-state index in [0.717, 1.165) is 30.1 Å². The van der Waals surface area contributed by atoms with Crippen LogP contribution in [0.4, 0.5) is 5.69 Å². The Labute approximate surface area is 197 Å². The molecule has 6 rings (SSSR count). The van der Waals surface area contributed by atoms with Crippen molar-refractivity contribution in [2.24, 2.45) is 0 Å². The lowest BCUT2D eigenvalue weighted by Gasteiger charge is -2.36. The number of carbonyl (C=O) groups is 1. The molecule has 0 unspecified atom stereocenters. The van der Waals surface area contributed by atoms with Crippen molar-refractivity contribution >= 4 is 17.2 Å². The van der Waals surface area contributed by atoms with Crippen molar-refractivity contribution in [2.75, 3.05) is 37.9 Å². The highest BCUT2D eigenvalue weighted by Crippen LogP contribution is 2.36. The molecule has 1 fully saturated rings. The van der Waals surface area contributed by atoms with Crippen molar-refractivity contribution in [3.05, 3.63) is 71.5 Å². The van der Waals surface area contributed by atoms with E-state index in [1.807, 2.05) is 29.2 Å². The summed E-state index contributed by atoms with van der Waals surface area (Å²) in [6.45, 7) is 7.38. The fourth-order valence-corrected chi connectivity index (χ4v) is 4.70. The summed E-state index contributed by atoms with van der Waals surface area (Å²) in [5, 5.41) is 4.51. The van der Waals surface area contributed by atoms with Crippen LogP contribution >= 0.6 is 0 Å². The minimum Gasteiger partial charge on any atom is -0.454 e. The quantitative estimate of drug-likeness (QED) is 0.469. The van der Waals surface area contributed by atoms with E-state index < -0.39 is 0 Å². The number of rotatable bonds is 3. The van der Waals surface area contributed by atoms with E-state index >= 15 is 0 Å². The van der Waals surface area contributed by atoms with Gasteiger partial charge in [-0.1, -0.05) is 12.1 Å². The number of anilines is 1. The molecular formula is C26H25N5O3. The van der Waals surface area contributed by atoms with Gasteiger partial charge in [-0.15, -0.1) is 0 Å². The summed E-state index contributed by atoms with van der Waals surface area (Å²) >= 11 is 0. The zero-order valence-corrected chi connectivity index (χ0v) is 19.2. The third-order valence-corrected chi connectivity index (χ3v) is 6.57. The maximum absolute atomic E-state index is 13.4. The molecule has 34 heavy (non-hydrogen) atoms. The van der Waals surface area contributed by atoms with Gasteiger partial charge < -0.3 is 19.3 Å². The topological polar surface area (TPSA) is 72.2 Å². The molecule has 1 amide bonds. The van der Waals surface area contributed by atoms with Gasteiger partial charge in [0.05, 0.1) is 11.9 Å². The van der Waals surface area contributed by atoms with Crippen LogP contribution in [-0.2, 0) is 0 Å². The van der Waals surface area contributed by atoms with Crippen LogP contribution in [0.2, 0.25) is 0 Å². The molecule has 172 valence electrons. The summed E-state index contributed by atoms with van der Waals surface area (Å²) in [5.74, 6) is 1.39. The number of amides is 1. The Balaban J connectivity index is 1.24. The van der Waals surface area contributed by atoms with Crippen molar-refractivity contribution in [2.45, 2.75) is 13.8 Å². The second-order valence-electron chi connectivity index (χ2n) is 8.76. The molecule has 8 nitrogen and oxygen atoms in total. The smallest absolute Gasteiger partial charge is 0.259 e. The van der Waals surface area contributed by atoms with Crippen LogP contribution in [0.1, 0.15) is 21.5 Å². The molecule has 0 bridgehead atoms. The predicted molar refractivity (Wildman–Crippen MR) is 129 cm³/mol. The summed E-state index contributed by atoms with van der Waals surface area (Å²) in [4.78, 5) is 22.2. The number of aryl methyl sites for hydroxylation is 2. The molecule has 0 spiro atoms. The number of ether oxygens (including phenoxy) is 2. The Bertz CT molecular complexity index is 1410. The van der Waals surface area contributed by atoms with Gasteiger partial charge in [0.15, 0.2) is 17.1 Å². The van der Waals surface area contributed by atoms with Crippen LogP contribution < -0.4 is 14.4 Å². The van der Waals surface area contributed by atoms with E-state index in [9.17, 15) is 4.79 Å².